The van der Waals surface area contributed by atoms with Crippen molar-refractivity contribution in [2.24, 2.45) is 0 Å². The van der Waals surface area contributed by atoms with Crippen LogP contribution in [0.2, 0.25) is 0 Å². The van der Waals surface area contributed by atoms with E-state index in [0.717, 1.165) is 36.8 Å². The van der Waals surface area contributed by atoms with Crippen LogP contribution in [0.25, 0.3) is 0 Å². The third-order valence-electron chi connectivity index (χ3n) is 7.86. The van der Waals surface area contributed by atoms with E-state index < -0.39 is 0 Å². The molecule has 0 fully saturated rings. The van der Waals surface area contributed by atoms with Crippen molar-refractivity contribution < 1.29 is 28.5 Å². The van der Waals surface area contributed by atoms with E-state index in [1.165, 1.54) is 0 Å². The molecule has 2 heterocycles. The number of rotatable bonds is 4. The highest BCUT2D eigenvalue weighted by Gasteiger charge is 2.18. The normalized spacial score (nSPS) is 13.8. The molecule has 0 spiro atoms. The number of hydrogen-bond donors (Lipinski definition) is 0. The van der Waals surface area contributed by atoms with Gasteiger partial charge in [0, 0.05) is 23.3 Å². The van der Waals surface area contributed by atoms with Crippen LogP contribution < -0.4 is 18.9 Å². The molecule has 0 aliphatic carbocycles. The lowest BCUT2D eigenvalue weighted by atomic mass is 10.0. The second-order valence-corrected chi connectivity index (χ2v) is 11.2. The van der Waals surface area contributed by atoms with E-state index in [9.17, 15) is 9.59 Å². The molecule has 7 rings (SSSR count). The van der Waals surface area contributed by atoms with Gasteiger partial charge in [-0.05, 0) is 61.1 Å². The minimum atomic E-state index is -0.104. The van der Waals surface area contributed by atoms with Crippen LogP contribution in [0.1, 0.15) is 68.7 Å². The van der Waals surface area contributed by atoms with Crippen LogP contribution in [0, 0.1) is 0 Å². The maximum Gasteiger partial charge on any atom is 0.196 e. The highest BCUT2D eigenvalue weighted by molar-refractivity contribution is 6.11. The Morgan fingerprint density at radius 3 is 1.26 bits per heavy atom. The molecule has 0 radical (unpaired) electrons. The molecule has 46 heavy (non-hydrogen) atoms. The van der Waals surface area contributed by atoms with Crippen molar-refractivity contribution in [1.82, 2.24) is 0 Å². The minimum absolute atomic E-state index is 0.104. The average molecular weight is 613 g/mol. The summed E-state index contributed by atoms with van der Waals surface area (Å²) in [6.07, 6.45) is 3.76. The monoisotopic (exact) mass is 612 g/mol. The quantitative estimate of drug-likeness (QED) is 0.189. The van der Waals surface area contributed by atoms with Gasteiger partial charge in [-0.3, -0.25) is 9.59 Å². The average Bonchev–Trinajstić information content (AvgIpc) is 3.11. The number of hydrogen-bond acceptors (Lipinski definition) is 6. The smallest absolute Gasteiger partial charge is 0.196 e. The molecule has 0 amide bonds. The molecule has 0 atom stereocenters. The van der Waals surface area contributed by atoms with Crippen molar-refractivity contribution in [3.8, 4) is 23.0 Å². The predicted octanol–water partition coefficient (Wildman–Crippen LogP) is 8.64. The summed E-state index contributed by atoms with van der Waals surface area (Å²) in [6.45, 7) is 1.67. The molecule has 6 heteroatoms. The molecule has 0 unspecified atom stereocenters. The zero-order chi connectivity index (χ0) is 31.6. The second kappa shape index (κ2) is 15.1. The molecule has 2 aliphatic rings. The van der Waals surface area contributed by atoms with Gasteiger partial charge in [-0.2, -0.15) is 0 Å². The van der Waals surface area contributed by atoms with E-state index in [4.69, 9.17) is 18.9 Å². The van der Waals surface area contributed by atoms with Crippen molar-refractivity contribution in [2.45, 2.75) is 38.9 Å². The predicted molar refractivity (Wildman–Crippen MR) is 177 cm³/mol. The van der Waals surface area contributed by atoms with Crippen molar-refractivity contribution in [3.05, 3.63) is 155 Å². The van der Waals surface area contributed by atoms with Gasteiger partial charge in [0.15, 0.2) is 11.6 Å². The largest absolute Gasteiger partial charge is 0.493 e. The Morgan fingerprint density at radius 2 is 0.848 bits per heavy atom. The number of benzene rings is 5. The minimum Gasteiger partial charge on any atom is -0.493 e. The van der Waals surface area contributed by atoms with Crippen molar-refractivity contribution in [2.75, 3.05) is 13.2 Å². The number of ether oxygens (including phenoxy) is 4. The van der Waals surface area contributed by atoms with E-state index in [-0.39, 0.29) is 24.8 Å². The third-order valence-corrected chi connectivity index (χ3v) is 7.86. The molecular weight excluding hydrogens is 576 g/mol. The van der Waals surface area contributed by atoms with Crippen LogP contribution in [0.15, 0.2) is 121 Å². The van der Waals surface area contributed by atoms with Gasteiger partial charge in [-0.15, -0.1) is 0 Å². The lowest BCUT2D eigenvalue weighted by molar-refractivity contribution is 0.102. The van der Waals surface area contributed by atoms with Gasteiger partial charge in [0.2, 0.25) is 0 Å². The summed E-state index contributed by atoms with van der Waals surface area (Å²) in [5, 5.41) is 0. The maximum absolute atomic E-state index is 13.4. The van der Waals surface area contributed by atoms with Gasteiger partial charge in [-0.1, -0.05) is 84.9 Å². The molecule has 5 aromatic rings. The molecule has 0 saturated heterocycles. The molecule has 6 bridgehead atoms. The van der Waals surface area contributed by atoms with Crippen LogP contribution >= 0.6 is 0 Å². The lowest BCUT2D eigenvalue weighted by Gasteiger charge is -2.15. The standard InChI is InChI=1S/C40H36O6/c41-39(31-11-5-3-6-12-31)35-21-19-33-25-37(35)45-27-29-15-17-30(18-16-29)28-46-38-26-34(44-24-10-2-1-9-23-43-33)20-22-36(38)40(42)32-13-7-4-8-14-32/h3-8,11-22,25-26H,1-2,9-10,23-24,27-28H2. The Hall–Kier alpha value is -5.36. The lowest BCUT2D eigenvalue weighted by Crippen LogP contribution is -2.08. The summed E-state index contributed by atoms with van der Waals surface area (Å²) in [5.74, 6) is 2.09. The van der Waals surface area contributed by atoms with Crippen LogP contribution in [-0.4, -0.2) is 24.8 Å². The van der Waals surface area contributed by atoms with Gasteiger partial charge in [0.1, 0.15) is 36.2 Å². The topological polar surface area (TPSA) is 71.1 Å². The summed E-state index contributed by atoms with van der Waals surface area (Å²) < 4.78 is 24.6. The molecule has 2 aliphatic heterocycles. The number of carbonyl (C=O) groups excluding carboxylic acids is 2. The summed E-state index contributed by atoms with van der Waals surface area (Å²) in [7, 11) is 0. The highest BCUT2D eigenvalue weighted by Crippen LogP contribution is 2.30. The Balaban J connectivity index is 1.23. The first kappa shape index (κ1) is 30.7. The van der Waals surface area contributed by atoms with Gasteiger partial charge in [0.25, 0.3) is 0 Å². The first-order valence-corrected chi connectivity index (χ1v) is 15.7. The zero-order valence-electron chi connectivity index (χ0n) is 25.7. The van der Waals surface area contributed by atoms with Crippen LogP contribution in [0.4, 0.5) is 0 Å². The van der Waals surface area contributed by atoms with E-state index in [2.05, 4.69) is 0 Å². The summed E-state index contributed by atoms with van der Waals surface area (Å²) >= 11 is 0. The molecule has 5 aromatic carbocycles. The van der Waals surface area contributed by atoms with Crippen molar-refractivity contribution >= 4 is 11.6 Å². The van der Waals surface area contributed by atoms with Gasteiger partial charge >= 0.3 is 0 Å². The Bertz CT molecular complexity index is 1630. The first-order chi connectivity index (χ1) is 22.6. The fourth-order valence-electron chi connectivity index (χ4n) is 5.28. The van der Waals surface area contributed by atoms with E-state index >= 15 is 0 Å². The van der Waals surface area contributed by atoms with Gasteiger partial charge < -0.3 is 18.9 Å². The third kappa shape index (κ3) is 7.83. The van der Waals surface area contributed by atoms with Gasteiger partial charge in [0.05, 0.1) is 24.3 Å². The van der Waals surface area contributed by atoms with Crippen LogP contribution in [0.3, 0.4) is 0 Å². The SMILES string of the molecule is O=C(c1ccccc1)c1ccc2cc1OCc1ccc(cc1)COc1cc(ccc1C(=O)c1ccccc1)OCCCCCCO2. The maximum atomic E-state index is 13.4. The molecular formula is C40H36O6. The fraction of sp³-hybridized carbons (Fsp3) is 0.200. The number of fused-ring (bicyclic) bond motifs is 11. The zero-order valence-corrected chi connectivity index (χ0v) is 25.7. The molecule has 0 saturated carbocycles. The number of carbonyl (C=O) groups is 2. The van der Waals surface area contributed by atoms with E-state index in [1.807, 2.05) is 72.8 Å². The Kier molecular flexibility index (Phi) is 10.1. The second-order valence-electron chi connectivity index (χ2n) is 11.2. The molecule has 0 aromatic heterocycles. The van der Waals surface area contributed by atoms with Crippen molar-refractivity contribution in [1.29, 1.82) is 0 Å². The summed E-state index contributed by atoms with van der Waals surface area (Å²) in [4.78, 5) is 26.7. The highest BCUT2D eigenvalue weighted by atomic mass is 16.5. The van der Waals surface area contributed by atoms with E-state index in [1.54, 1.807) is 48.5 Å². The van der Waals surface area contributed by atoms with Crippen LogP contribution in [-0.2, 0) is 13.2 Å². The van der Waals surface area contributed by atoms with Crippen LogP contribution in [0.5, 0.6) is 23.0 Å². The Morgan fingerprint density at radius 1 is 0.435 bits per heavy atom. The van der Waals surface area contributed by atoms with Crippen molar-refractivity contribution in [3.63, 3.8) is 0 Å². The van der Waals surface area contributed by atoms with Gasteiger partial charge in [-0.25, -0.2) is 0 Å². The number of ketones is 2. The molecule has 6 nitrogen and oxygen atoms in total. The fourth-order valence-corrected chi connectivity index (χ4v) is 5.28. The summed E-state index contributed by atoms with van der Waals surface area (Å²) in [5.41, 5.74) is 4.04. The summed E-state index contributed by atoms with van der Waals surface area (Å²) in [6, 6.07) is 37.1. The molecule has 232 valence electrons. The first-order valence-electron chi connectivity index (χ1n) is 15.7. The molecule has 0 N–H and O–H groups in total. The Labute approximate surface area is 269 Å². The van der Waals surface area contributed by atoms with E-state index in [0.29, 0.717) is 58.5 Å².